The van der Waals surface area contributed by atoms with E-state index in [0.717, 1.165) is 37.1 Å². The molecular formula is C13H17N3OS. The maximum Gasteiger partial charge on any atom is 0.0809 e. The SMILES string of the molecule is NNC(c1cnc2ccsc2c1)C1CCCOC1. The van der Waals surface area contributed by atoms with E-state index in [1.54, 1.807) is 11.3 Å². The van der Waals surface area contributed by atoms with Crippen LogP contribution >= 0.6 is 11.3 Å². The molecule has 2 atom stereocenters. The summed E-state index contributed by atoms with van der Waals surface area (Å²) in [7, 11) is 0. The van der Waals surface area contributed by atoms with E-state index in [2.05, 4.69) is 21.9 Å². The molecule has 3 heterocycles. The Bertz CT molecular complexity index is 522. The van der Waals surface area contributed by atoms with Crippen LogP contribution in [0.2, 0.25) is 0 Å². The van der Waals surface area contributed by atoms with Gasteiger partial charge in [0, 0.05) is 18.7 Å². The molecule has 1 aliphatic heterocycles. The molecule has 18 heavy (non-hydrogen) atoms. The number of nitrogens with zero attached hydrogens (tertiary/aromatic N) is 1. The van der Waals surface area contributed by atoms with Gasteiger partial charge in [-0.25, -0.2) is 0 Å². The highest BCUT2D eigenvalue weighted by molar-refractivity contribution is 7.17. The number of fused-ring (bicyclic) bond motifs is 1. The Balaban J connectivity index is 1.89. The van der Waals surface area contributed by atoms with E-state index in [9.17, 15) is 0 Å². The molecule has 0 radical (unpaired) electrons. The summed E-state index contributed by atoms with van der Waals surface area (Å²) in [6.45, 7) is 1.65. The first kappa shape index (κ1) is 12.0. The highest BCUT2D eigenvalue weighted by atomic mass is 32.1. The normalized spacial score (nSPS) is 22.2. The van der Waals surface area contributed by atoms with E-state index < -0.39 is 0 Å². The minimum Gasteiger partial charge on any atom is -0.381 e. The lowest BCUT2D eigenvalue weighted by molar-refractivity contribution is 0.0390. The molecule has 0 spiro atoms. The first-order valence-corrected chi connectivity index (χ1v) is 7.13. The van der Waals surface area contributed by atoms with E-state index in [-0.39, 0.29) is 6.04 Å². The fourth-order valence-corrected chi connectivity index (χ4v) is 3.35. The lowest BCUT2D eigenvalue weighted by atomic mass is 9.90. The highest BCUT2D eigenvalue weighted by Gasteiger charge is 2.25. The second kappa shape index (κ2) is 5.32. The molecule has 1 saturated heterocycles. The second-order valence-electron chi connectivity index (χ2n) is 4.69. The molecule has 1 aliphatic rings. The molecule has 2 aromatic heterocycles. The summed E-state index contributed by atoms with van der Waals surface area (Å²) in [4.78, 5) is 4.48. The first-order chi connectivity index (χ1) is 8.88. The maximum atomic E-state index is 5.73. The summed E-state index contributed by atoms with van der Waals surface area (Å²) in [6, 6.07) is 4.36. The fourth-order valence-electron chi connectivity index (χ4n) is 2.56. The van der Waals surface area contributed by atoms with Crippen molar-refractivity contribution in [2.45, 2.75) is 18.9 Å². The van der Waals surface area contributed by atoms with E-state index in [4.69, 9.17) is 10.6 Å². The number of ether oxygens (including phenoxy) is 1. The minimum absolute atomic E-state index is 0.129. The Labute approximate surface area is 110 Å². The number of pyridine rings is 1. The Morgan fingerprint density at radius 2 is 2.50 bits per heavy atom. The molecule has 5 heteroatoms. The van der Waals surface area contributed by atoms with Gasteiger partial charge in [0.05, 0.1) is 22.9 Å². The number of thiophene rings is 1. The molecule has 0 aliphatic carbocycles. The zero-order valence-electron chi connectivity index (χ0n) is 10.1. The Morgan fingerprint density at radius 1 is 1.56 bits per heavy atom. The van der Waals surface area contributed by atoms with Crippen LogP contribution in [0.4, 0.5) is 0 Å². The van der Waals surface area contributed by atoms with E-state index in [1.165, 1.54) is 4.70 Å². The molecule has 3 N–H and O–H groups in total. The van der Waals surface area contributed by atoms with Crippen molar-refractivity contribution < 1.29 is 4.74 Å². The quantitative estimate of drug-likeness (QED) is 0.658. The third-order valence-corrected chi connectivity index (χ3v) is 4.38. The van der Waals surface area contributed by atoms with Gasteiger partial charge < -0.3 is 4.74 Å². The topological polar surface area (TPSA) is 60.2 Å². The number of nitrogens with one attached hydrogen (secondary N) is 1. The van der Waals surface area contributed by atoms with Gasteiger partial charge in [0.1, 0.15) is 0 Å². The molecule has 3 rings (SSSR count). The third-order valence-electron chi connectivity index (χ3n) is 3.53. The highest BCUT2D eigenvalue weighted by Crippen LogP contribution is 2.30. The van der Waals surface area contributed by atoms with Gasteiger partial charge in [-0.3, -0.25) is 16.3 Å². The number of aromatic nitrogens is 1. The summed E-state index contributed by atoms with van der Waals surface area (Å²) in [5.41, 5.74) is 5.14. The Hall–Kier alpha value is -1.01. The van der Waals surface area contributed by atoms with Crippen molar-refractivity contribution in [3.63, 3.8) is 0 Å². The second-order valence-corrected chi connectivity index (χ2v) is 5.64. The number of rotatable bonds is 3. The molecule has 0 amide bonds. The summed E-state index contributed by atoms with van der Waals surface area (Å²) in [5.74, 6) is 6.16. The van der Waals surface area contributed by atoms with Crippen LogP contribution in [0.3, 0.4) is 0 Å². The van der Waals surface area contributed by atoms with Gasteiger partial charge in [0.2, 0.25) is 0 Å². The number of hydrazine groups is 1. The number of hydrogen-bond donors (Lipinski definition) is 2. The van der Waals surface area contributed by atoms with Crippen LogP contribution < -0.4 is 11.3 Å². The van der Waals surface area contributed by atoms with Crippen LogP contribution in [-0.2, 0) is 4.74 Å². The average molecular weight is 263 g/mol. The van der Waals surface area contributed by atoms with Crippen molar-refractivity contribution in [3.8, 4) is 0 Å². The van der Waals surface area contributed by atoms with Gasteiger partial charge in [0.15, 0.2) is 0 Å². The lowest BCUT2D eigenvalue weighted by Crippen LogP contribution is -2.37. The van der Waals surface area contributed by atoms with Crippen molar-refractivity contribution in [1.82, 2.24) is 10.4 Å². The molecule has 96 valence electrons. The average Bonchev–Trinajstić information content (AvgIpc) is 2.88. The summed E-state index contributed by atoms with van der Waals surface area (Å²) < 4.78 is 6.76. The summed E-state index contributed by atoms with van der Waals surface area (Å²) in [6.07, 6.45) is 4.18. The van der Waals surface area contributed by atoms with Gasteiger partial charge in [0.25, 0.3) is 0 Å². The number of hydrogen-bond acceptors (Lipinski definition) is 5. The van der Waals surface area contributed by atoms with Crippen LogP contribution in [0.25, 0.3) is 10.2 Å². The van der Waals surface area contributed by atoms with Crippen molar-refractivity contribution in [2.24, 2.45) is 11.8 Å². The van der Waals surface area contributed by atoms with Crippen LogP contribution in [-0.4, -0.2) is 18.2 Å². The monoisotopic (exact) mass is 263 g/mol. The lowest BCUT2D eigenvalue weighted by Gasteiger charge is -2.29. The van der Waals surface area contributed by atoms with Crippen molar-refractivity contribution in [2.75, 3.05) is 13.2 Å². The molecular weight excluding hydrogens is 246 g/mol. The van der Waals surface area contributed by atoms with Gasteiger partial charge >= 0.3 is 0 Å². The third kappa shape index (κ3) is 2.27. The van der Waals surface area contributed by atoms with Crippen molar-refractivity contribution >= 4 is 21.6 Å². The zero-order valence-corrected chi connectivity index (χ0v) is 11.0. The van der Waals surface area contributed by atoms with Crippen LogP contribution in [0.15, 0.2) is 23.7 Å². The largest absolute Gasteiger partial charge is 0.381 e. The predicted octanol–water partition coefficient (Wildman–Crippen LogP) is 2.23. The molecule has 2 unspecified atom stereocenters. The molecule has 4 nitrogen and oxygen atoms in total. The standard InChI is InChI=1S/C13H17N3OS/c14-16-13(9-2-1-4-17-8-9)10-6-12-11(15-7-10)3-5-18-12/h3,5-7,9,13,16H,1-2,4,8,14H2. The van der Waals surface area contributed by atoms with Crippen molar-refractivity contribution in [1.29, 1.82) is 0 Å². The van der Waals surface area contributed by atoms with Crippen LogP contribution in [0, 0.1) is 5.92 Å². The van der Waals surface area contributed by atoms with E-state index >= 15 is 0 Å². The maximum absolute atomic E-state index is 5.73. The summed E-state index contributed by atoms with van der Waals surface area (Å²) in [5, 5.41) is 2.07. The minimum atomic E-state index is 0.129. The summed E-state index contributed by atoms with van der Waals surface area (Å²) >= 11 is 1.71. The van der Waals surface area contributed by atoms with Gasteiger partial charge in [-0.1, -0.05) is 0 Å². The molecule has 0 aromatic carbocycles. The van der Waals surface area contributed by atoms with Crippen LogP contribution in [0.1, 0.15) is 24.4 Å². The van der Waals surface area contributed by atoms with Gasteiger partial charge in [-0.2, -0.15) is 0 Å². The zero-order chi connectivity index (χ0) is 12.4. The predicted molar refractivity (Wildman–Crippen MR) is 73.2 cm³/mol. The van der Waals surface area contributed by atoms with Crippen LogP contribution in [0.5, 0.6) is 0 Å². The molecule has 0 bridgehead atoms. The molecule has 2 aromatic rings. The Kier molecular flexibility index (Phi) is 3.56. The van der Waals surface area contributed by atoms with E-state index in [0.29, 0.717) is 5.92 Å². The van der Waals surface area contributed by atoms with E-state index in [1.807, 2.05) is 12.3 Å². The molecule has 0 saturated carbocycles. The smallest absolute Gasteiger partial charge is 0.0809 e. The van der Waals surface area contributed by atoms with Crippen molar-refractivity contribution in [3.05, 3.63) is 29.3 Å². The fraction of sp³-hybridized carbons (Fsp3) is 0.462. The Morgan fingerprint density at radius 3 is 3.28 bits per heavy atom. The number of nitrogens with two attached hydrogens (primary N) is 1. The molecule has 1 fully saturated rings. The first-order valence-electron chi connectivity index (χ1n) is 6.25. The van der Waals surface area contributed by atoms with Gasteiger partial charge in [-0.05, 0) is 35.9 Å². The van der Waals surface area contributed by atoms with Gasteiger partial charge in [-0.15, -0.1) is 11.3 Å².